The molecule has 2 aromatic carbocycles. The van der Waals surface area contributed by atoms with E-state index in [2.05, 4.69) is 5.32 Å². The molecule has 0 spiro atoms. The maximum absolute atomic E-state index is 12.7. The number of nitrogens with two attached hydrogens (primary N) is 1. The largest absolute Gasteiger partial charge is 0.416 e. The zero-order valence-corrected chi connectivity index (χ0v) is 15.9. The van der Waals surface area contributed by atoms with Crippen molar-refractivity contribution in [2.75, 3.05) is 5.32 Å². The third kappa shape index (κ3) is 4.35. The maximum Gasteiger partial charge on any atom is 0.416 e. The van der Waals surface area contributed by atoms with E-state index in [0.29, 0.717) is 16.6 Å². The zero-order valence-electron chi connectivity index (χ0n) is 15.9. The van der Waals surface area contributed by atoms with Crippen LogP contribution >= 0.6 is 0 Å². The summed E-state index contributed by atoms with van der Waals surface area (Å²) < 4.78 is 39.1. The number of alkyl halides is 3. The second-order valence-corrected chi connectivity index (χ2v) is 6.79. The highest BCUT2D eigenvalue weighted by Gasteiger charge is 2.30. The molecule has 0 aliphatic heterocycles. The average molecular weight is 417 g/mol. The van der Waals surface area contributed by atoms with Crippen LogP contribution in [-0.4, -0.2) is 16.4 Å². The topological polar surface area (TPSA) is 94.2 Å². The molecule has 156 valence electrons. The lowest BCUT2D eigenvalue weighted by Gasteiger charge is -2.14. The fourth-order valence-corrected chi connectivity index (χ4v) is 3.04. The Morgan fingerprint density at radius 2 is 1.73 bits per heavy atom. The lowest BCUT2D eigenvalue weighted by molar-refractivity contribution is -0.137. The van der Waals surface area contributed by atoms with Gasteiger partial charge in [0.1, 0.15) is 6.04 Å². The molecule has 1 heterocycles. The second kappa shape index (κ2) is 8.02. The Bertz CT molecular complexity index is 1170. The number of primary amides is 1. The van der Waals surface area contributed by atoms with Gasteiger partial charge in [-0.3, -0.25) is 14.4 Å². The first-order chi connectivity index (χ1) is 14.1. The number of nitrogens with zero attached hydrogens (tertiary/aromatic N) is 1. The van der Waals surface area contributed by atoms with Gasteiger partial charge in [0.15, 0.2) is 0 Å². The average Bonchev–Trinajstić information content (AvgIpc) is 2.68. The van der Waals surface area contributed by atoms with Gasteiger partial charge in [-0.1, -0.05) is 18.2 Å². The Morgan fingerprint density at radius 1 is 1.07 bits per heavy atom. The molecule has 0 aliphatic rings. The van der Waals surface area contributed by atoms with Gasteiger partial charge >= 0.3 is 6.18 Å². The van der Waals surface area contributed by atoms with Gasteiger partial charge in [0.2, 0.25) is 11.8 Å². The first kappa shape index (κ1) is 21.1. The lowest BCUT2D eigenvalue weighted by atomic mass is 10.1. The van der Waals surface area contributed by atoms with E-state index in [1.807, 2.05) is 0 Å². The predicted molar refractivity (Wildman–Crippen MR) is 106 cm³/mol. The van der Waals surface area contributed by atoms with Gasteiger partial charge in [0.25, 0.3) is 5.56 Å². The molecular formula is C21H18F3N3O3. The van der Waals surface area contributed by atoms with Crippen LogP contribution in [0.25, 0.3) is 10.8 Å². The van der Waals surface area contributed by atoms with Crippen LogP contribution in [0.1, 0.15) is 24.1 Å². The van der Waals surface area contributed by atoms with Crippen LogP contribution in [0, 0.1) is 0 Å². The number of halogens is 3. The number of carbonyl (C=O) groups is 2. The predicted octanol–water partition coefficient (Wildman–Crippen LogP) is 3.25. The van der Waals surface area contributed by atoms with E-state index in [4.69, 9.17) is 5.73 Å². The van der Waals surface area contributed by atoms with Crippen molar-refractivity contribution >= 4 is 28.3 Å². The highest BCUT2D eigenvalue weighted by atomic mass is 19.4. The number of amides is 2. The number of rotatable bonds is 5. The van der Waals surface area contributed by atoms with Crippen molar-refractivity contribution in [2.24, 2.45) is 5.73 Å². The van der Waals surface area contributed by atoms with Gasteiger partial charge in [-0.25, -0.2) is 0 Å². The Balaban J connectivity index is 1.83. The molecule has 9 heteroatoms. The summed E-state index contributed by atoms with van der Waals surface area (Å²) in [6.07, 6.45) is -3.15. The molecule has 0 aliphatic carbocycles. The highest BCUT2D eigenvalue weighted by molar-refractivity contribution is 6.02. The van der Waals surface area contributed by atoms with E-state index < -0.39 is 35.2 Å². The molecule has 0 saturated carbocycles. The molecule has 30 heavy (non-hydrogen) atoms. The molecule has 1 aromatic heterocycles. The van der Waals surface area contributed by atoms with Crippen LogP contribution in [0.3, 0.4) is 0 Å². The van der Waals surface area contributed by atoms with Gasteiger partial charge in [0.05, 0.1) is 12.0 Å². The molecule has 3 aromatic rings. The standard InChI is InChI=1S/C21H18F3N3O3/c1-12(19(25)29)27-10-9-15-16(20(27)30)3-2-4-17(15)26-18(28)11-13-5-7-14(8-6-13)21(22,23)24/h2-10,12H,11H2,1H3,(H2,25,29)(H,26,28). The fraction of sp³-hybridized carbons (Fsp3) is 0.190. The maximum atomic E-state index is 12.7. The van der Waals surface area contributed by atoms with Crippen molar-refractivity contribution in [3.63, 3.8) is 0 Å². The summed E-state index contributed by atoms with van der Waals surface area (Å²) in [5, 5.41) is 3.43. The van der Waals surface area contributed by atoms with Crippen molar-refractivity contribution in [1.29, 1.82) is 0 Å². The number of carbonyl (C=O) groups excluding carboxylic acids is 2. The quantitative estimate of drug-likeness (QED) is 0.667. The minimum atomic E-state index is -4.44. The minimum Gasteiger partial charge on any atom is -0.368 e. The van der Waals surface area contributed by atoms with Gasteiger partial charge in [-0.15, -0.1) is 0 Å². The molecule has 3 N–H and O–H groups in total. The summed E-state index contributed by atoms with van der Waals surface area (Å²) in [6.45, 7) is 1.51. The Hall–Kier alpha value is -3.62. The summed E-state index contributed by atoms with van der Waals surface area (Å²) in [5.41, 5.74) is 4.83. The number of hydrogen-bond donors (Lipinski definition) is 2. The molecule has 0 radical (unpaired) electrons. The molecular weight excluding hydrogens is 399 g/mol. The number of anilines is 1. The van der Waals surface area contributed by atoms with E-state index in [0.717, 1.165) is 12.1 Å². The summed E-state index contributed by atoms with van der Waals surface area (Å²) in [4.78, 5) is 36.4. The van der Waals surface area contributed by atoms with E-state index >= 15 is 0 Å². The van der Waals surface area contributed by atoms with Gasteiger partial charge in [-0.05, 0) is 42.8 Å². The molecule has 0 bridgehead atoms. The van der Waals surface area contributed by atoms with Gasteiger partial charge in [-0.2, -0.15) is 13.2 Å². The summed E-state index contributed by atoms with van der Waals surface area (Å²) in [6, 6.07) is 9.83. The Labute approximate surface area is 169 Å². The Morgan fingerprint density at radius 3 is 2.33 bits per heavy atom. The van der Waals surface area contributed by atoms with Crippen molar-refractivity contribution in [1.82, 2.24) is 4.57 Å². The van der Waals surface area contributed by atoms with E-state index in [1.54, 1.807) is 24.3 Å². The zero-order chi connectivity index (χ0) is 22.1. The van der Waals surface area contributed by atoms with E-state index in [1.165, 1.54) is 29.8 Å². The number of fused-ring (bicyclic) bond motifs is 1. The van der Waals surface area contributed by atoms with Crippen LogP contribution in [-0.2, 0) is 22.2 Å². The third-order valence-electron chi connectivity index (χ3n) is 4.72. The number of pyridine rings is 1. The number of aromatic nitrogens is 1. The van der Waals surface area contributed by atoms with Crippen LogP contribution < -0.4 is 16.6 Å². The van der Waals surface area contributed by atoms with Crippen LogP contribution in [0.2, 0.25) is 0 Å². The van der Waals surface area contributed by atoms with Gasteiger partial charge < -0.3 is 15.6 Å². The first-order valence-corrected chi connectivity index (χ1v) is 8.97. The van der Waals surface area contributed by atoms with Crippen molar-refractivity contribution in [3.8, 4) is 0 Å². The molecule has 1 unspecified atom stereocenters. The lowest BCUT2D eigenvalue weighted by Crippen LogP contribution is -2.31. The SMILES string of the molecule is CC(C(N)=O)n1ccc2c(NC(=O)Cc3ccc(C(F)(F)F)cc3)cccc2c1=O. The molecule has 3 rings (SSSR count). The van der Waals surface area contributed by atoms with E-state index in [9.17, 15) is 27.6 Å². The van der Waals surface area contributed by atoms with Crippen LogP contribution in [0.15, 0.2) is 59.5 Å². The van der Waals surface area contributed by atoms with Crippen LogP contribution in [0.5, 0.6) is 0 Å². The number of benzene rings is 2. The third-order valence-corrected chi connectivity index (χ3v) is 4.72. The highest BCUT2D eigenvalue weighted by Crippen LogP contribution is 2.29. The number of hydrogen-bond acceptors (Lipinski definition) is 3. The van der Waals surface area contributed by atoms with Gasteiger partial charge in [0, 0.05) is 22.7 Å². The Kier molecular flexibility index (Phi) is 5.64. The molecule has 0 fully saturated rings. The van der Waals surface area contributed by atoms with E-state index in [-0.39, 0.29) is 11.8 Å². The van der Waals surface area contributed by atoms with Crippen molar-refractivity contribution < 1.29 is 22.8 Å². The first-order valence-electron chi connectivity index (χ1n) is 8.97. The monoisotopic (exact) mass is 417 g/mol. The number of nitrogens with one attached hydrogen (secondary N) is 1. The second-order valence-electron chi connectivity index (χ2n) is 6.79. The fourth-order valence-electron chi connectivity index (χ4n) is 3.04. The molecule has 1 atom stereocenters. The summed E-state index contributed by atoms with van der Waals surface area (Å²) in [5.74, 6) is -1.10. The van der Waals surface area contributed by atoms with Crippen LogP contribution in [0.4, 0.5) is 18.9 Å². The van der Waals surface area contributed by atoms with Crippen molar-refractivity contribution in [2.45, 2.75) is 25.6 Å². The molecule has 6 nitrogen and oxygen atoms in total. The summed E-state index contributed by atoms with van der Waals surface area (Å²) in [7, 11) is 0. The van der Waals surface area contributed by atoms with Crippen molar-refractivity contribution in [3.05, 3.63) is 76.2 Å². The normalized spacial score (nSPS) is 12.5. The smallest absolute Gasteiger partial charge is 0.368 e. The molecule has 2 amide bonds. The molecule has 0 saturated heterocycles. The summed E-state index contributed by atoms with van der Waals surface area (Å²) >= 11 is 0. The minimum absolute atomic E-state index is 0.135.